The summed E-state index contributed by atoms with van der Waals surface area (Å²) in [6.45, 7) is 10.1. The van der Waals surface area contributed by atoms with E-state index in [0.29, 0.717) is 5.92 Å². The van der Waals surface area contributed by atoms with Crippen LogP contribution < -0.4 is 0 Å². The average molecular weight is 148 g/mol. The quantitative estimate of drug-likeness (QED) is 0.596. The fourth-order valence-electron chi connectivity index (χ4n) is 1.15. The van der Waals surface area contributed by atoms with Gasteiger partial charge in [-0.15, -0.1) is 0 Å². The molecule has 1 atom stereocenters. The van der Waals surface area contributed by atoms with Crippen molar-refractivity contribution in [1.29, 1.82) is 0 Å². The molecule has 0 saturated heterocycles. The SMILES string of the molecule is [CH2]C(C)c1cc(C)nc(C)c1. The predicted molar refractivity (Wildman–Crippen MR) is 47.5 cm³/mol. The van der Waals surface area contributed by atoms with Gasteiger partial charge < -0.3 is 0 Å². The Kier molecular flexibility index (Phi) is 2.28. The van der Waals surface area contributed by atoms with Crippen LogP contribution >= 0.6 is 0 Å². The van der Waals surface area contributed by atoms with Crippen molar-refractivity contribution in [3.63, 3.8) is 0 Å². The highest BCUT2D eigenvalue weighted by atomic mass is 14.7. The van der Waals surface area contributed by atoms with Crippen LogP contribution in [0.1, 0.15) is 29.8 Å². The molecule has 0 aliphatic heterocycles. The molecule has 1 unspecified atom stereocenters. The van der Waals surface area contributed by atoms with Crippen molar-refractivity contribution in [3.8, 4) is 0 Å². The monoisotopic (exact) mass is 148 g/mol. The molecule has 0 N–H and O–H groups in total. The highest BCUT2D eigenvalue weighted by Crippen LogP contribution is 2.14. The summed E-state index contributed by atoms with van der Waals surface area (Å²) in [5.74, 6) is 0.357. The third kappa shape index (κ3) is 2.04. The first-order valence-corrected chi connectivity index (χ1v) is 3.88. The summed E-state index contributed by atoms with van der Waals surface area (Å²) in [5.41, 5.74) is 3.43. The van der Waals surface area contributed by atoms with Crippen molar-refractivity contribution in [3.05, 3.63) is 36.0 Å². The van der Waals surface area contributed by atoms with Crippen molar-refractivity contribution in [1.82, 2.24) is 4.98 Å². The molecule has 1 radical (unpaired) electrons. The number of nitrogens with zero attached hydrogens (tertiary/aromatic N) is 1. The molecule has 1 nitrogen and oxygen atoms in total. The first-order valence-electron chi connectivity index (χ1n) is 3.88. The molecule has 11 heavy (non-hydrogen) atoms. The van der Waals surface area contributed by atoms with Gasteiger partial charge in [-0.2, -0.15) is 0 Å². The van der Waals surface area contributed by atoms with Gasteiger partial charge in [-0.05, 0) is 44.4 Å². The minimum absolute atomic E-state index is 0.357. The van der Waals surface area contributed by atoms with Gasteiger partial charge in [0.25, 0.3) is 0 Å². The van der Waals surface area contributed by atoms with E-state index in [2.05, 4.69) is 31.0 Å². The summed E-state index contributed by atoms with van der Waals surface area (Å²) in [5, 5.41) is 0. The van der Waals surface area contributed by atoms with E-state index >= 15 is 0 Å². The smallest absolute Gasteiger partial charge is 0.0378 e. The maximum atomic E-state index is 4.29. The van der Waals surface area contributed by atoms with Gasteiger partial charge in [0.15, 0.2) is 0 Å². The zero-order chi connectivity index (χ0) is 8.43. The Labute approximate surface area is 68.5 Å². The minimum Gasteiger partial charge on any atom is -0.258 e. The molecule has 0 amide bonds. The lowest BCUT2D eigenvalue weighted by Crippen LogP contribution is -1.93. The third-order valence-corrected chi connectivity index (χ3v) is 1.67. The molecule has 59 valence electrons. The maximum absolute atomic E-state index is 4.29. The van der Waals surface area contributed by atoms with Crippen LogP contribution in [0.4, 0.5) is 0 Å². The van der Waals surface area contributed by atoms with E-state index in [4.69, 9.17) is 0 Å². The van der Waals surface area contributed by atoms with Crippen molar-refractivity contribution >= 4 is 0 Å². The topological polar surface area (TPSA) is 12.9 Å². The summed E-state index contributed by atoms with van der Waals surface area (Å²) in [7, 11) is 0. The Hall–Kier alpha value is -0.850. The first kappa shape index (κ1) is 8.25. The van der Waals surface area contributed by atoms with Gasteiger partial charge in [0, 0.05) is 11.4 Å². The summed E-state index contributed by atoms with van der Waals surface area (Å²) in [6, 6.07) is 4.18. The van der Waals surface area contributed by atoms with Gasteiger partial charge in [-0.1, -0.05) is 6.92 Å². The maximum Gasteiger partial charge on any atom is 0.0378 e. The molecule has 0 saturated carbocycles. The van der Waals surface area contributed by atoms with Crippen LogP contribution in [0.25, 0.3) is 0 Å². The normalized spacial score (nSPS) is 10.6. The summed E-state index contributed by atoms with van der Waals surface area (Å²) in [6.07, 6.45) is 0. The Morgan fingerprint density at radius 2 is 1.73 bits per heavy atom. The zero-order valence-electron chi connectivity index (χ0n) is 7.39. The molecular weight excluding hydrogens is 134 g/mol. The van der Waals surface area contributed by atoms with Crippen molar-refractivity contribution in [2.75, 3.05) is 0 Å². The molecule has 1 aromatic heterocycles. The second-order valence-corrected chi connectivity index (χ2v) is 3.08. The second-order valence-electron chi connectivity index (χ2n) is 3.08. The molecular formula is C10H14N. The highest BCUT2D eigenvalue weighted by molar-refractivity contribution is 5.23. The van der Waals surface area contributed by atoms with Gasteiger partial charge in [0.1, 0.15) is 0 Å². The molecule has 0 aromatic carbocycles. The van der Waals surface area contributed by atoms with Gasteiger partial charge in [-0.3, -0.25) is 4.98 Å². The molecule has 0 aliphatic rings. The average Bonchev–Trinajstić information content (AvgIpc) is 1.85. The van der Waals surface area contributed by atoms with Gasteiger partial charge in [0.05, 0.1) is 0 Å². The number of rotatable bonds is 1. The molecule has 0 aliphatic carbocycles. The van der Waals surface area contributed by atoms with E-state index in [1.54, 1.807) is 0 Å². The van der Waals surface area contributed by atoms with E-state index < -0.39 is 0 Å². The zero-order valence-corrected chi connectivity index (χ0v) is 7.39. The van der Waals surface area contributed by atoms with Gasteiger partial charge in [0.2, 0.25) is 0 Å². The van der Waals surface area contributed by atoms with Crippen LogP contribution in [0.5, 0.6) is 0 Å². The fourth-order valence-corrected chi connectivity index (χ4v) is 1.15. The molecule has 1 heterocycles. The van der Waals surface area contributed by atoms with E-state index in [0.717, 1.165) is 11.4 Å². The number of hydrogen-bond acceptors (Lipinski definition) is 1. The summed E-state index contributed by atoms with van der Waals surface area (Å²) in [4.78, 5) is 4.29. The lowest BCUT2D eigenvalue weighted by atomic mass is 10.0. The Morgan fingerprint density at radius 1 is 1.27 bits per heavy atom. The third-order valence-electron chi connectivity index (χ3n) is 1.67. The number of hydrogen-bond donors (Lipinski definition) is 0. The fraction of sp³-hybridized carbons (Fsp3) is 0.400. The first-order chi connectivity index (χ1) is 5.09. The number of aromatic nitrogens is 1. The Morgan fingerprint density at radius 3 is 2.09 bits per heavy atom. The molecule has 1 rings (SSSR count). The Bertz CT molecular complexity index is 231. The number of pyridine rings is 1. The molecule has 0 spiro atoms. The van der Waals surface area contributed by atoms with E-state index in [-0.39, 0.29) is 0 Å². The van der Waals surface area contributed by atoms with Crippen LogP contribution in [0.15, 0.2) is 12.1 Å². The van der Waals surface area contributed by atoms with Crippen molar-refractivity contribution in [2.24, 2.45) is 0 Å². The molecule has 0 fully saturated rings. The summed E-state index contributed by atoms with van der Waals surface area (Å²) >= 11 is 0. The van der Waals surface area contributed by atoms with Crippen LogP contribution in [-0.4, -0.2) is 4.98 Å². The molecule has 1 aromatic rings. The summed E-state index contributed by atoms with van der Waals surface area (Å²) < 4.78 is 0. The lowest BCUT2D eigenvalue weighted by Gasteiger charge is -2.06. The predicted octanol–water partition coefficient (Wildman–Crippen LogP) is 2.64. The largest absolute Gasteiger partial charge is 0.258 e. The van der Waals surface area contributed by atoms with E-state index in [1.807, 2.05) is 13.8 Å². The van der Waals surface area contributed by atoms with Crippen LogP contribution in [-0.2, 0) is 0 Å². The Balaban J connectivity index is 3.08. The molecule has 1 heteroatoms. The van der Waals surface area contributed by atoms with Crippen LogP contribution in [0.3, 0.4) is 0 Å². The van der Waals surface area contributed by atoms with Crippen molar-refractivity contribution in [2.45, 2.75) is 26.7 Å². The van der Waals surface area contributed by atoms with E-state index in [1.165, 1.54) is 5.56 Å². The van der Waals surface area contributed by atoms with Gasteiger partial charge >= 0.3 is 0 Å². The molecule has 0 bridgehead atoms. The standard InChI is InChI=1S/C10H14N/c1-7(2)10-5-8(3)11-9(4)6-10/h5-7H,1H2,2-4H3. The van der Waals surface area contributed by atoms with Crippen molar-refractivity contribution < 1.29 is 0 Å². The van der Waals surface area contributed by atoms with Gasteiger partial charge in [-0.25, -0.2) is 0 Å². The lowest BCUT2D eigenvalue weighted by molar-refractivity contribution is 0.940. The van der Waals surface area contributed by atoms with Crippen LogP contribution in [0, 0.1) is 20.8 Å². The number of aryl methyl sites for hydroxylation is 2. The second kappa shape index (κ2) is 3.04. The van der Waals surface area contributed by atoms with Crippen LogP contribution in [0.2, 0.25) is 0 Å². The minimum atomic E-state index is 0.357. The highest BCUT2D eigenvalue weighted by Gasteiger charge is 2.00. The van der Waals surface area contributed by atoms with E-state index in [9.17, 15) is 0 Å².